The van der Waals surface area contributed by atoms with Crippen LogP contribution in [0.1, 0.15) is 29.6 Å². The summed E-state index contributed by atoms with van der Waals surface area (Å²) < 4.78 is 0. The molecule has 0 aliphatic carbocycles. The number of imidazole rings is 1. The molecule has 5 rings (SSSR count). The number of hydrogen-bond acceptors (Lipinski definition) is 4. The molecule has 7 nitrogen and oxygen atoms in total. The van der Waals surface area contributed by atoms with Crippen LogP contribution >= 0.6 is 0 Å². The molecule has 3 heterocycles. The summed E-state index contributed by atoms with van der Waals surface area (Å²) in [6, 6.07) is 11.2. The van der Waals surface area contributed by atoms with E-state index in [9.17, 15) is 9.90 Å². The zero-order valence-corrected chi connectivity index (χ0v) is 14.7. The number of carbonyl (C=O) groups is 1. The lowest BCUT2D eigenvalue weighted by Crippen LogP contribution is -2.29. The summed E-state index contributed by atoms with van der Waals surface area (Å²) in [5.41, 5.74) is 4.68. The van der Waals surface area contributed by atoms with Gasteiger partial charge in [0.15, 0.2) is 5.82 Å². The third kappa shape index (κ3) is 2.71. The van der Waals surface area contributed by atoms with E-state index in [1.54, 1.807) is 18.2 Å². The summed E-state index contributed by atoms with van der Waals surface area (Å²) >= 11 is 0. The normalized spacial score (nSPS) is 14.9. The fourth-order valence-corrected chi connectivity index (χ4v) is 3.79. The van der Waals surface area contributed by atoms with Crippen LogP contribution in [0.4, 0.5) is 5.69 Å². The molecule has 0 atom stereocenters. The van der Waals surface area contributed by atoms with Gasteiger partial charge in [0.25, 0.3) is 0 Å². The van der Waals surface area contributed by atoms with Crippen LogP contribution < -0.4 is 4.90 Å². The zero-order valence-electron chi connectivity index (χ0n) is 14.7. The summed E-state index contributed by atoms with van der Waals surface area (Å²) in [7, 11) is 0. The first kappa shape index (κ1) is 15.9. The molecule has 136 valence electrons. The van der Waals surface area contributed by atoms with Gasteiger partial charge in [-0.2, -0.15) is 5.10 Å². The van der Waals surface area contributed by atoms with E-state index in [1.807, 2.05) is 6.07 Å². The minimum Gasteiger partial charge on any atom is -0.478 e. The van der Waals surface area contributed by atoms with Crippen molar-refractivity contribution in [3.63, 3.8) is 0 Å². The number of carboxylic acids is 1. The number of rotatable bonds is 3. The summed E-state index contributed by atoms with van der Waals surface area (Å²) in [4.78, 5) is 21.7. The number of fused-ring (bicyclic) bond motifs is 2. The first-order valence-electron chi connectivity index (χ1n) is 9.15. The van der Waals surface area contributed by atoms with Crippen LogP contribution in [0.2, 0.25) is 0 Å². The van der Waals surface area contributed by atoms with Crippen LogP contribution in [-0.2, 0) is 0 Å². The van der Waals surface area contributed by atoms with Crippen LogP contribution in [0.3, 0.4) is 0 Å². The molecule has 0 unspecified atom stereocenters. The monoisotopic (exact) mass is 361 g/mol. The summed E-state index contributed by atoms with van der Waals surface area (Å²) in [6.45, 7) is 2.18. The van der Waals surface area contributed by atoms with Crippen molar-refractivity contribution >= 4 is 33.6 Å². The number of piperidine rings is 1. The van der Waals surface area contributed by atoms with Crippen molar-refractivity contribution in [2.45, 2.75) is 19.3 Å². The predicted octanol–water partition coefficient (Wildman–Crippen LogP) is 3.79. The Hall–Kier alpha value is -3.35. The van der Waals surface area contributed by atoms with Gasteiger partial charge in [0.2, 0.25) is 0 Å². The van der Waals surface area contributed by atoms with Crippen LogP contribution in [0.5, 0.6) is 0 Å². The smallest absolute Gasteiger partial charge is 0.335 e. The topological polar surface area (TPSA) is 97.9 Å². The van der Waals surface area contributed by atoms with Crippen molar-refractivity contribution < 1.29 is 9.90 Å². The molecular formula is C20H19N5O2. The van der Waals surface area contributed by atoms with E-state index in [-0.39, 0.29) is 5.56 Å². The second-order valence-electron chi connectivity index (χ2n) is 6.97. The van der Waals surface area contributed by atoms with Gasteiger partial charge in [0.05, 0.1) is 22.1 Å². The minimum absolute atomic E-state index is 0.230. The van der Waals surface area contributed by atoms with Crippen molar-refractivity contribution in [3.8, 4) is 11.5 Å². The Bertz CT molecular complexity index is 1150. The maximum atomic E-state index is 11.3. The van der Waals surface area contributed by atoms with E-state index in [2.05, 4.69) is 37.2 Å². The summed E-state index contributed by atoms with van der Waals surface area (Å²) in [5, 5.41) is 17.3. The van der Waals surface area contributed by atoms with E-state index in [0.717, 1.165) is 35.0 Å². The van der Waals surface area contributed by atoms with Gasteiger partial charge in [-0.3, -0.25) is 5.10 Å². The van der Waals surface area contributed by atoms with Crippen molar-refractivity contribution in [1.82, 2.24) is 20.2 Å². The van der Waals surface area contributed by atoms with Crippen LogP contribution in [0.25, 0.3) is 33.5 Å². The standard InChI is InChI=1S/C20H19N5O2/c26-20(27)12-4-6-15-14(10-12)18(24-23-15)19-21-16-7-5-13(11-17(16)22-19)25-8-2-1-3-9-25/h4-7,10-11H,1-3,8-9H2,(H,21,22)(H,23,24)(H,26,27). The number of H-pyrrole nitrogens is 2. The fourth-order valence-electron chi connectivity index (χ4n) is 3.79. The lowest BCUT2D eigenvalue weighted by molar-refractivity contribution is 0.0697. The molecule has 2 aromatic carbocycles. The molecule has 27 heavy (non-hydrogen) atoms. The first-order valence-corrected chi connectivity index (χ1v) is 9.15. The van der Waals surface area contributed by atoms with E-state index in [0.29, 0.717) is 11.5 Å². The fraction of sp³-hybridized carbons (Fsp3) is 0.250. The van der Waals surface area contributed by atoms with Gasteiger partial charge in [-0.15, -0.1) is 0 Å². The Morgan fingerprint density at radius 3 is 2.70 bits per heavy atom. The van der Waals surface area contributed by atoms with Crippen LogP contribution in [0.15, 0.2) is 36.4 Å². The second-order valence-corrected chi connectivity index (χ2v) is 6.97. The Labute approximate surface area is 155 Å². The van der Waals surface area contributed by atoms with Crippen molar-refractivity contribution in [1.29, 1.82) is 0 Å². The molecule has 3 N–H and O–H groups in total. The minimum atomic E-state index is -0.958. The van der Waals surface area contributed by atoms with E-state index in [4.69, 9.17) is 0 Å². The van der Waals surface area contributed by atoms with Gasteiger partial charge in [0.1, 0.15) is 5.69 Å². The Balaban J connectivity index is 1.58. The third-order valence-electron chi connectivity index (χ3n) is 5.22. The van der Waals surface area contributed by atoms with Gasteiger partial charge in [-0.1, -0.05) is 0 Å². The number of carboxylic acid groups (broad SMARTS) is 1. The maximum absolute atomic E-state index is 11.3. The average molecular weight is 361 g/mol. The summed E-state index contributed by atoms with van der Waals surface area (Å²) in [6.07, 6.45) is 3.77. The lowest BCUT2D eigenvalue weighted by atomic mass is 10.1. The number of anilines is 1. The molecule has 1 saturated heterocycles. The molecule has 0 spiro atoms. The molecule has 1 aliphatic heterocycles. The molecule has 7 heteroatoms. The van der Waals surface area contributed by atoms with Gasteiger partial charge in [-0.05, 0) is 55.7 Å². The van der Waals surface area contributed by atoms with Crippen LogP contribution in [0, 0.1) is 0 Å². The molecule has 0 radical (unpaired) electrons. The zero-order chi connectivity index (χ0) is 18.4. The molecule has 0 amide bonds. The number of nitrogens with one attached hydrogen (secondary N) is 2. The highest BCUT2D eigenvalue weighted by molar-refractivity contribution is 5.98. The number of aromatic nitrogens is 4. The second kappa shape index (κ2) is 6.12. The largest absolute Gasteiger partial charge is 0.478 e. The highest BCUT2D eigenvalue weighted by atomic mass is 16.4. The van der Waals surface area contributed by atoms with E-state index < -0.39 is 5.97 Å². The summed E-state index contributed by atoms with van der Waals surface area (Å²) in [5.74, 6) is -0.325. The van der Waals surface area contributed by atoms with Gasteiger partial charge < -0.3 is 15.0 Å². The van der Waals surface area contributed by atoms with E-state index >= 15 is 0 Å². The van der Waals surface area contributed by atoms with Gasteiger partial charge >= 0.3 is 5.97 Å². The molecule has 4 aromatic rings. The number of aromatic amines is 2. The quantitative estimate of drug-likeness (QED) is 0.516. The Kier molecular flexibility index (Phi) is 3.60. The first-order chi connectivity index (χ1) is 13.2. The lowest BCUT2D eigenvalue weighted by Gasteiger charge is -2.28. The Morgan fingerprint density at radius 2 is 1.89 bits per heavy atom. The highest BCUT2D eigenvalue weighted by Crippen LogP contribution is 2.29. The van der Waals surface area contributed by atoms with E-state index in [1.165, 1.54) is 24.9 Å². The maximum Gasteiger partial charge on any atom is 0.335 e. The molecular weight excluding hydrogens is 342 g/mol. The van der Waals surface area contributed by atoms with Crippen molar-refractivity contribution in [2.75, 3.05) is 18.0 Å². The van der Waals surface area contributed by atoms with Gasteiger partial charge in [0, 0.05) is 24.2 Å². The molecule has 0 saturated carbocycles. The molecule has 1 aliphatic rings. The molecule has 0 bridgehead atoms. The number of hydrogen-bond donors (Lipinski definition) is 3. The third-order valence-corrected chi connectivity index (χ3v) is 5.22. The number of nitrogens with zero attached hydrogens (tertiary/aromatic N) is 3. The van der Waals surface area contributed by atoms with Crippen LogP contribution in [-0.4, -0.2) is 44.3 Å². The highest BCUT2D eigenvalue weighted by Gasteiger charge is 2.16. The number of aromatic carboxylic acids is 1. The van der Waals surface area contributed by atoms with Crippen molar-refractivity contribution in [2.24, 2.45) is 0 Å². The molecule has 2 aromatic heterocycles. The molecule has 1 fully saturated rings. The van der Waals surface area contributed by atoms with Gasteiger partial charge in [-0.25, -0.2) is 9.78 Å². The number of benzene rings is 2. The van der Waals surface area contributed by atoms with Crippen molar-refractivity contribution in [3.05, 3.63) is 42.0 Å². The average Bonchev–Trinajstić information content (AvgIpc) is 3.31. The Morgan fingerprint density at radius 1 is 1.04 bits per heavy atom. The predicted molar refractivity (Wildman–Crippen MR) is 104 cm³/mol. The SMILES string of the molecule is O=C(O)c1ccc2[nH]nc(-c3nc4ccc(N5CCCCC5)cc4[nH]3)c2c1.